The van der Waals surface area contributed by atoms with Crippen LogP contribution in [0.4, 0.5) is 5.69 Å². The number of thioether (sulfide) groups is 1. The predicted molar refractivity (Wildman–Crippen MR) is 171 cm³/mol. The van der Waals surface area contributed by atoms with Crippen molar-refractivity contribution >= 4 is 52.3 Å². The summed E-state index contributed by atoms with van der Waals surface area (Å²) in [5.74, 6) is 0. The SMILES string of the molecule is CCN1C(=CC=c2sc(=Cc3sc(-c4ccccc4)c(-c4ccccc4)[n+]3CC)n(C)c2=O)Sc2ccccc21. The molecule has 0 unspecified atom stereocenters. The van der Waals surface area contributed by atoms with Gasteiger partial charge in [0, 0.05) is 24.1 Å². The minimum Gasteiger partial charge on any atom is -0.335 e. The number of para-hydroxylation sites is 1. The maximum Gasteiger partial charge on any atom is 0.268 e. The third-order valence-corrected chi connectivity index (χ3v) is 10.4. The zero-order chi connectivity index (χ0) is 27.6. The van der Waals surface area contributed by atoms with Gasteiger partial charge in [0.1, 0.15) is 16.1 Å². The summed E-state index contributed by atoms with van der Waals surface area (Å²) in [6, 6.07) is 29.6. The topological polar surface area (TPSA) is 29.1 Å². The van der Waals surface area contributed by atoms with Crippen LogP contribution in [0.5, 0.6) is 0 Å². The van der Waals surface area contributed by atoms with Crippen molar-refractivity contribution in [2.75, 3.05) is 11.4 Å². The molecule has 0 amide bonds. The van der Waals surface area contributed by atoms with Crippen LogP contribution >= 0.6 is 34.4 Å². The van der Waals surface area contributed by atoms with Gasteiger partial charge < -0.3 is 9.47 Å². The maximum absolute atomic E-state index is 13.3. The van der Waals surface area contributed by atoms with Crippen LogP contribution in [0.25, 0.3) is 33.9 Å². The number of hydrogen-bond acceptors (Lipinski definition) is 5. The Hall–Kier alpha value is -3.65. The highest BCUT2D eigenvalue weighted by Gasteiger charge is 2.27. The molecule has 0 spiro atoms. The molecule has 0 fully saturated rings. The van der Waals surface area contributed by atoms with Gasteiger partial charge in [0.05, 0.1) is 21.3 Å². The molecule has 4 nitrogen and oxygen atoms in total. The molecular weight excluding hydrogens is 551 g/mol. The molecule has 40 heavy (non-hydrogen) atoms. The van der Waals surface area contributed by atoms with Crippen molar-refractivity contribution in [1.82, 2.24) is 4.57 Å². The van der Waals surface area contributed by atoms with Crippen molar-refractivity contribution in [2.24, 2.45) is 7.05 Å². The van der Waals surface area contributed by atoms with E-state index in [9.17, 15) is 4.79 Å². The molecule has 0 saturated heterocycles. The Kier molecular flexibility index (Phi) is 7.61. The van der Waals surface area contributed by atoms with Crippen LogP contribution in [0.1, 0.15) is 18.9 Å². The highest BCUT2D eigenvalue weighted by atomic mass is 32.2. The average Bonchev–Trinajstić information content (AvgIpc) is 3.64. The van der Waals surface area contributed by atoms with Crippen LogP contribution < -0.4 is 24.2 Å². The van der Waals surface area contributed by atoms with Gasteiger partial charge in [-0.1, -0.05) is 83.8 Å². The molecule has 5 aromatic rings. The van der Waals surface area contributed by atoms with Crippen molar-refractivity contribution < 1.29 is 4.57 Å². The number of allylic oxidation sites excluding steroid dienone is 1. The lowest BCUT2D eigenvalue weighted by atomic mass is 10.1. The smallest absolute Gasteiger partial charge is 0.268 e. The zero-order valence-electron chi connectivity index (χ0n) is 22.7. The highest BCUT2D eigenvalue weighted by Crippen LogP contribution is 2.45. The number of thiazole rings is 2. The van der Waals surface area contributed by atoms with E-state index in [0.717, 1.165) is 32.3 Å². The van der Waals surface area contributed by atoms with Crippen molar-refractivity contribution in [2.45, 2.75) is 25.3 Å². The maximum atomic E-state index is 13.3. The monoisotopic (exact) mass is 580 g/mol. The molecule has 3 heterocycles. The van der Waals surface area contributed by atoms with Gasteiger partial charge in [-0.15, -0.1) is 11.3 Å². The van der Waals surface area contributed by atoms with Crippen molar-refractivity contribution in [3.8, 4) is 21.7 Å². The molecule has 1 aliphatic rings. The van der Waals surface area contributed by atoms with Crippen LogP contribution in [0.2, 0.25) is 0 Å². The largest absolute Gasteiger partial charge is 0.335 e. The second kappa shape index (κ2) is 11.5. The molecule has 0 N–H and O–H groups in total. The molecule has 1 aliphatic heterocycles. The fraction of sp³-hybridized carbons (Fsp3) is 0.152. The highest BCUT2D eigenvalue weighted by molar-refractivity contribution is 8.03. The third kappa shape index (κ3) is 4.89. The van der Waals surface area contributed by atoms with Gasteiger partial charge >= 0.3 is 0 Å². The number of anilines is 1. The molecule has 7 heteroatoms. The Morgan fingerprint density at radius 3 is 2.20 bits per heavy atom. The summed E-state index contributed by atoms with van der Waals surface area (Å²) in [6.45, 7) is 6.05. The fourth-order valence-electron chi connectivity index (χ4n) is 5.01. The van der Waals surface area contributed by atoms with E-state index in [1.54, 1.807) is 39.0 Å². The van der Waals surface area contributed by atoms with E-state index in [2.05, 4.69) is 120 Å². The summed E-state index contributed by atoms with van der Waals surface area (Å²) >= 11 is 5.07. The Morgan fingerprint density at radius 1 is 0.825 bits per heavy atom. The van der Waals surface area contributed by atoms with Crippen LogP contribution in [0, 0.1) is 0 Å². The van der Waals surface area contributed by atoms with Crippen molar-refractivity contribution in [3.05, 3.63) is 121 Å². The van der Waals surface area contributed by atoms with E-state index in [1.165, 1.54) is 32.3 Å². The van der Waals surface area contributed by atoms with E-state index < -0.39 is 0 Å². The molecule has 200 valence electrons. The molecule has 0 saturated carbocycles. The average molecular weight is 581 g/mol. The van der Waals surface area contributed by atoms with Crippen molar-refractivity contribution in [1.29, 1.82) is 0 Å². The van der Waals surface area contributed by atoms with Gasteiger partial charge in [0.15, 0.2) is 0 Å². The van der Waals surface area contributed by atoms with E-state index >= 15 is 0 Å². The van der Waals surface area contributed by atoms with Gasteiger partial charge in [-0.05, 0) is 55.8 Å². The number of nitrogens with zero attached hydrogens (tertiary/aromatic N) is 3. The summed E-state index contributed by atoms with van der Waals surface area (Å²) in [5, 5.41) is 2.27. The van der Waals surface area contributed by atoms with Crippen LogP contribution in [0.15, 0.2) is 106 Å². The van der Waals surface area contributed by atoms with E-state index in [-0.39, 0.29) is 5.56 Å². The number of rotatable bonds is 6. The predicted octanol–water partition coefficient (Wildman–Crippen LogP) is 6.23. The molecule has 3 aromatic carbocycles. The second-order valence-corrected chi connectivity index (χ2v) is 12.5. The van der Waals surface area contributed by atoms with Gasteiger partial charge in [-0.3, -0.25) is 4.79 Å². The summed E-state index contributed by atoms with van der Waals surface area (Å²) in [5.41, 5.74) is 4.86. The fourth-order valence-corrected chi connectivity index (χ4v) is 8.48. The van der Waals surface area contributed by atoms with E-state index in [4.69, 9.17) is 0 Å². The van der Waals surface area contributed by atoms with Gasteiger partial charge in [0.2, 0.25) is 5.69 Å². The first-order valence-corrected chi connectivity index (χ1v) is 15.9. The third-order valence-electron chi connectivity index (χ3n) is 6.99. The number of fused-ring (bicyclic) bond motifs is 1. The lowest BCUT2D eigenvalue weighted by Gasteiger charge is -2.17. The Labute approximate surface area is 246 Å². The Balaban J connectivity index is 1.47. The minimum atomic E-state index is 0.0304. The van der Waals surface area contributed by atoms with Gasteiger partial charge in [-0.25, -0.2) is 0 Å². The normalized spacial score (nSPS) is 14.9. The molecule has 2 aromatic heterocycles. The first-order valence-electron chi connectivity index (χ1n) is 13.4. The summed E-state index contributed by atoms with van der Waals surface area (Å²) in [7, 11) is 1.87. The standard InChI is InChI=1S/C33H30N3OS3/c1-4-35-25-18-12-13-19-26(25)38-28(35)21-20-27-33(37)34(3)29(39-27)22-30-36(5-2)31(23-14-8-6-9-15-23)32(40-30)24-16-10-7-11-17-24/h6-22H,4-5H2,1-3H3/q+1. The number of aromatic nitrogens is 2. The van der Waals surface area contributed by atoms with E-state index in [0.29, 0.717) is 0 Å². The van der Waals surface area contributed by atoms with E-state index in [1.807, 2.05) is 13.1 Å². The lowest BCUT2D eigenvalue weighted by Crippen LogP contribution is -2.36. The first kappa shape index (κ1) is 26.6. The summed E-state index contributed by atoms with van der Waals surface area (Å²) in [6.07, 6.45) is 6.24. The quantitative estimate of drug-likeness (QED) is 0.223. The second-order valence-electron chi connectivity index (χ2n) is 9.39. The number of benzene rings is 3. The van der Waals surface area contributed by atoms with Crippen LogP contribution in [-0.2, 0) is 13.6 Å². The first-order chi connectivity index (χ1) is 19.6. The summed E-state index contributed by atoms with van der Waals surface area (Å²) < 4.78 is 5.81. The van der Waals surface area contributed by atoms with Gasteiger partial charge in [-0.2, -0.15) is 4.57 Å². The molecule has 0 aliphatic carbocycles. The van der Waals surface area contributed by atoms with Crippen LogP contribution in [-0.4, -0.2) is 11.1 Å². The number of hydrogen-bond donors (Lipinski definition) is 0. The Bertz CT molecular complexity index is 1880. The van der Waals surface area contributed by atoms with Crippen LogP contribution in [0.3, 0.4) is 0 Å². The molecule has 0 atom stereocenters. The minimum absolute atomic E-state index is 0.0304. The molecule has 6 rings (SSSR count). The molecule has 0 radical (unpaired) electrons. The van der Waals surface area contributed by atoms with Gasteiger partial charge in [0.25, 0.3) is 10.6 Å². The summed E-state index contributed by atoms with van der Waals surface area (Å²) in [4.78, 5) is 18.1. The zero-order valence-corrected chi connectivity index (χ0v) is 25.2. The van der Waals surface area contributed by atoms with Crippen molar-refractivity contribution in [3.63, 3.8) is 0 Å². The Morgan fingerprint density at radius 2 is 1.50 bits per heavy atom. The molecular formula is C33H30N3OS3+. The molecule has 0 bridgehead atoms. The lowest BCUT2D eigenvalue weighted by molar-refractivity contribution is -0.679.